The van der Waals surface area contributed by atoms with Gasteiger partial charge in [-0.2, -0.15) is 4.98 Å². The molecule has 0 saturated heterocycles. The van der Waals surface area contributed by atoms with Gasteiger partial charge in [-0.25, -0.2) is 4.79 Å². The van der Waals surface area contributed by atoms with Crippen molar-refractivity contribution in [2.24, 2.45) is 0 Å². The molecular weight excluding hydrogens is 356 g/mol. The summed E-state index contributed by atoms with van der Waals surface area (Å²) in [5.41, 5.74) is 0.731. The van der Waals surface area contributed by atoms with Gasteiger partial charge in [-0.1, -0.05) is 54.5 Å². The van der Waals surface area contributed by atoms with Crippen molar-refractivity contribution in [1.82, 2.24) is 19.3 Å². The third kappa shape index (κ3) is 3.05. The second kappa shape index (κ2) is 7.26. The van der Waals surface area contributed by atoms with Crippen molar-refractivity contribution in [2.75, 3.05) is 0 Å². The first-order valence-electron chi connectivity index (χ1n) is 9.22. The summed E-state index contributed by atoms with van der Waals surface area (Å²) in [6.07, 6.45) is 0.673. The van der Waals surface area contributed by atoms with Crippen LogP contribution in [0.1, 0.15) is 32.2 Å². The van der Waals surface area contributed by atoms with Crippen LogP contribution in [0.2, 0.25) is 0 Å². The van der Waals surface area contributed by atoms with Gasteiger partial charge >= 0.3 is 5.69 Å². The van der Waals surface area contributed by atoms with Crippen molar-refractivity contribution < 1.29 is 4.52 Å². The lowest BCUT2D eigenvalue weighted by Crippen LogP contribution is -2.41. The van der Waals surface area contributed by atoms with E-state index in [1.165, 1.54) is 9.13 Å². The first kappa shape index (κ1) is 17.9. The molecule has 1 atom stereocenters. The smallest absolute Gasteiger partial charge is 0.332 e. The van der Waals surface area contributed by atoms with Gasteiger partial charge in [-0.15, -0.1) is 0 Å². The molecule has 0 aliphatic carbocycles. The standard InChI is InChI=1S/C21H20N4O3/c1-3-14(2)25-20(26)16-11-7-8-12-17(16)24(21(25)27)13-18-22-19(23-28-18)15-9-5-4-6-10-15/h4-12,14H,3,13H2,1-2H3. The van der Waals surface area contributed by atoms with E-state index in [0.29, 0.717) is 29.0 Å². The maximum atomic E-state index is 13.1. The molecule has 2 aromatic carbocycles. The van der Waals surface area contributed by atoms with E-state index in [2.05, 4.69) is 10.1 Å². The summed E-state index contributed by atoms with van der Waals surface area (Å²) >= 11 is 0. The fourth-order valence-electron chi connectivity index (χ4n) is 3.22. The van der Waals surface area contributed by atoms with Crippen molar-refractivity contribution in [1.29, 1.82) is 0 Å². The molecule has 0 saturated carbocycles. The highest BCUT2D eigenvalue weighted by Gasteiger charge is 2.18. The Bertz CT molecular complexity index is 1240. The van der Waals surface area contributed by atoms with Gasteiger partial charge in [-0.3, -0.25) is 13.9 Å². The molecule has 0 N–H and O–H groups in total. The lowest BCUT2D eigenvalue weighted by Gasteiger charge is -2.16. The van der Waals surface area contributed by atoms with Gasteiger partial charge in [0.15, 0.2) is 0 Å². The molecule has 7 heteroatoms. The van der Waals surface area contributed by atoms with Gasteiger partial charge in [0.25, 0.3) is 5.56 Å². The first-order chi connectivity index (χ1) is 13.6. The topological polar surface area (TPSA) is 82.9 Å². The van der Waals surface area contributed by atoms with Gasteiger partial charge in [-0.05, 0) is 25.5 Å². The molecule has 0 amide bonds. The van der Waals surface area contributed by atoms with Crippen molar-refractivity contribution in [2.45, 2.75) is 32.9 Å². The largest absolute Gasteiger partial charge is 0.337 e. The second-order valence-corrected chi connectivity index (χ2v) is 6.70. The van der Waals surface area contributed by atoms with Crippen molar-refractivity contribution in [3.63, 3.8) is 0 Å². The average Bonchev–Trinajstić information content (AvgIpc) is 3.20. The van der Waals surface area contributed by atoms with Crippen LogP contribution in [0.5, 0.6) is 0 Å². The number of rotatable bonds is 5. The SMILES string of the molecule is CCC(C)n1c(=O)c2ccccc2n(Cc2nc(-c3ccccc3)no2)c1=O. The maximum Gasteiger partial charge on any atom is 0.332 e. The molecule has 0 spiro atoms. The van der Waals surface area contributed by atoms with E-state index >= 15 is 0 Å². The van der Waals surface area contributed by atoms with Crippen LogP contribution in [0.4, 0.5) is 0 Å². The average molecular weight is 376 g/mol. The quantitative estimate of drug-likeness (QED) is 0.534. The minimum absolute atomic E-state index is 0.0931. The highest BCUT2D eigenvalue weighted by molar-refractivity contribution is 5.77. The molecule has 0 bridgehead atoms. The highest BCUT2D eigenvalue weighted by Crippen LogP contribution is 2.16. The van der Waals surface area contributed by atoms with E-state index in [0.717, 1.165) is 5.56 Å². The lowest BCUT2D eigenvalue weighted by molar-refractivity contribution is 0.367. The van der Waals surface area contributed by atoms with Crippen molar-refractivity contribution in [3.05, 3.63) is 81.3 Å². The third-order valence-electron chi connectivity index (χ3n) is 4.91. The summed E-state index contributed by atoms with van der Waals surface area (Å²) in [4.78, 5) is 30.4. The number of fused-ring (bicyclic) bond motifs is 1. The predicted molar refractivity (Wildman–Crippen MR) is 106 cm³/mol. The number of benzene rings is 2. The Hall–Kier alpha value is -3.48. The van der Waals surface area contributed by atoms with E-state index in [1.54, 1.807) is 24.3 Å². The fraction of sp³-hybridized carbons (Fsp3) is 0.238. The number of hydrogen-bond acceptors (Lipinski definition) is 5. The lowest BCUT2D eigenvalue weighted by atomic mass is 10.2. The van der Waals surface area contributed by atoms with Gasteiger partial charge in [0.1, 0.15) is 6.54 Å². The van der Waals surface area contributed by atoms with Crippen LogP contribution >= 0.6 is 0 Å². The summed E-state index contributed by atoms with van der Waals surface area (Å²) in [6.45, 7) is 3.90. The van der Waals surface area contributed by atoms with Crippen LogP contribution in [-0.2, 0) is 6.54 Å². The Labute approximate surface area is 160 Å². The fourth-order valence-corrected chi connectivity index (χ4v) is 3.22. The molecule has 0 aliphatic rings. The van der Waals surface area contributed by atoms with Crippen molar-refractivity contribution in [3.8, 4) is 11.4 Å². The molecule has 1 unspecified atom stereocenters. The molecule has 142 valence electrons. The molecule has 0 aliphatic heterocycles. The van der Waals surface area contributed by atoms with Crippen LogP contribution in [0, 0.1) is 0 Å². The van der Waals surface area contributed by atoms with E-state index in [4.69, 9.17) is 4.52 Å². The minimum Gasteiger partial charge on any atom is -0.337 e. The molecule has 0 fully saturated rings. The third-order valence-corrected chi connectivity index (χ3v) is 4.91. The van der Waals surface area contributed by atoms with Gasteiger partial charge in [0, 0.05) is 11.6 Å². The van der Waals surface area contributed by atoms with E-state index in [1.807, 2.05) is 44.2 Å². The zero-order valence-electron chi connectivity index (χ0n) is 15.7. The van der Waals surface area contributed by atoms with Gasteiger partial charge in [0.2, 0.25) is 11.7 Å². The Morgan fingerprint density at radius 2 is 1.75 bits per heavy atom. The molecule has 2 heterocycles. The number of hydrogen-bond donors (Lipinski definition) is 0. The van der Waals surface area contributed by atoms with Gasteiger partial charge in [0.05, 0.1) is 10.9 Å². The molecular formula is C21H20N4O3. The molecule has 2 aromatic heterocycles. The van der Waals surface area contributed by atoms with Crippen LogP contribution in [0.3, 0.4) is 0 Å². The molecule has 0 radical (unpaired) electrons. The Balaban J connectivity index is 1.84. The summed E-state index contributed by atoms with van der Waals surface area (Å²) in [5.74, 6) is 0.767. The number of para-hydroxylation sites is 1. The number of aromatic nitrogens is 4. The molecule has 4 aromatic rings. The summed E-state index contributed by atoms with van der Waals surface area (Å²) in [7, 11) is 0. The van der Waals surface area contributed by atoms with Crippen LogP contribution < -0.4 is 11.2 Å². The molecule has 7 nitrogen and oxygen atoms in total. The number of nitrogens with zero attached hydrogens (tertiary/aromatic N) is 4. The van der Waals surface area contributed by atoms with Gasteiger partial charge < -0.3 is 4.52 Å². The van der Waals surface area contributed by atoms with E-state index < -0.39 is 0 Å². The van der Waals surface area contributed by atoms with E-state index in [-0.39, 0.29) is 23.8 Å². The minimum atomic E-state index is -0.377. The maximum absolute atomic E-state index is 13.1. The van der Waals surface area contributed by atoms with Crippen LogP contribution in [-0.4, -0.2) is 19.3 Å². The normalized spacial score (nSPS) is 12.4. The Morgan fingerprint density at radius 1 is 1.04 bits per heavy atom. The van der Waals surface area contributed by atoms with Crippen molar-refractivity contribution >= 4 is 10.9 Å². The summed E-state index contributed by atoms with van der Waals surface area (Å²) in [5, 5.41) is 4.50. The first-order valence-corrected chi connectivity index (χ1v) is 9.22. The zero-order chi connectivity index (χ0) is 19.7. The highest BCUT2D eigenvalue weighted by atomic mass is 16.5. The Kier molecular flexibility index (Phi) is 4.65. The van der Waals surface area contributed by atoms with Crippen LogP contribution in [0.25, 0.3) is 22.3 Å². The predicted octanol–water partition coefficient (Wildman–Crippen LogP) is 3.23. The van der Waals surface area contributed by atoms with E-state index in [9.17, 15) is 9.59 Å². The summed E-state index contributed by atoms with van der Waals surface area (Å²) in [6, 6.07) is 16.3. The Morgan fingerprint density at radius 3 is 2.50 bits per heavy atom. The summed E-state index contributed by atoms with van der Waals surface area (Å²) < 4.78 is 8.20. The monoisotopic (exact) mass is 376 g/mol. The van der Waals surface area contributed by atoms with Crippen LogP contribution in [0.15, 0.2) is 68.7 Å². The molecule has 28 heavy (non-hydrogen) atoms. The second-order valence-electron chi connectivity index (χ2n) is 6.70. The molecule has 4 rings (SSSR count). The zero-order valence-corrected chi connectivity index (χ0v) is 15.7.